The molecular weight excluding hydrogens is 488 g/mol. The minimum Gasteiger partial charge on any atom is -0.444 e. The molecule has 3 aliphatic heterocycles. The number of rotatable bonds is 5. The van der Waals surface area contributed by atoms with E-state index in [0.717, 1.165) is 42.7 Å². The maximum atomic E-state index is 13.1. The van der Waals surface area contributed by atoms with Crippen LogP contribution in [0.2, 0.25) is 0 Å². The molecule has 0 aliphatic carbocycles. The lowest BCUT2D eigenvalue weighted by Gasteiger charge is -2.46. The molecule has 3 fully saturated rings. The Balaban J connectivity index is 1.20. The van der Waals surface area contributed by atoms with E-state index < -0.39 is 11.2 Å². The van der Waals surface area contributed by atoms with Crippen LogP contribution < -0.4 is 0 Å². The van der Waals surface area contributed by atoms with Gasteiger partial charge < -0.3 is 18.9 Å². The van der Waals surface area contributed by atoms with Gasteiger partial charge in [-0.3, -0.25) is 4.90 Å². The van der Waals surface area contributed by atoms with Crippen molar-refractivity contribution in [2.24, 2.45) is 0 Å². The van der Waals surface area contributed by atoms with E-state index in [9.17, 15) is 4.79 Å². The second kappa shape index (κ2) is 10.3. The summed E-state index contributed by atoms with van der Waals surface area (Å²) in [6.07, 6.45) is 5.39. The van der Waals surface area contributed by atoms with Gasteiger partial charge in [-0.2, -0.15) is 0 Å². The van der Waals surface area contributed by atoms with Crippen LogP contribution in [0.25, 0.3) is 11.0 Å². The average Bonchev–Trinajstić information content (AvgIpc) is 3.37. The number of piperidine rings is 1. The lowest BCUT2D eigenvalue weighted by atomic mass is 9.87. The molecule has 0 saturated carbocycles. The van der Waals surface area contributed by atoms with Crippen LogP contribution in [0.3, 0.4) is 0 Å². The highest BCUT2D eigenvalue weighted by molar-refractivity contribution is 5.76. The van der Waals surface area contributed by atoms with Crippen LogP contribution >= 0.6 is 0 Å². The van der Waals surface area contributed by atoms with Crippen LogP contribution in [0.1, 0.15) is 70.3 Å². The second-order valence-corrected chi connectivity index (χ2v) is 12.6. The maximum Gasteiger partial charge on any atom is 0.410 e. The van der Waals surface area contributed by atoms with Crippen LogP contribution in [0.15, 0.2) is 54.6 Å². The summed E-state index contributed by atoms with van der Waals surface area (Å²) in [7, 11) is 0. The Morgan fingerprint density at radius 2 is 1.72 bits per heavy atom. The summed E-state index contributed by atoms with van der Waals surface area (Å²) in [6.45, 7) is 10.4. The zero-order valence-corrected chi connectivity index (χ0v) is 23.8. The minimum absolute atomic E-state index is 0.255. The third-order valence-electron chi connectivity index (χ3n) is 8.91. The first-order valence-electron chi connectivity index (χ1n) is 14.6. The smallest absolute Gasteiger partial charge is 0.410 e. The Bertz CT molecular complexity index is 1300. The zero-order valence-electron chi connectivity index (χ0n) is 23.8. The van der Waals surface area contributed by atoms with Gasteiger partial charge in [0.25, 0.3) is 0 Å². The Hall–Kier alpha value is -2.90. The molecule has 3 saturated heterocycles. The zero-order chi connectivity index (χ0) is 27.2. The summed E-state index contributed by atoms with van der Waals surface area (Å²) < 4.78 is 14.8. The van der Waals surface area contributed by atoms with E-state index in [2.05, 4.69) is 64.9 Å². The van der Waals surface area contributed by atoms with Crippen molar-refractivity contribution >= 4 is 17.1 Å². The van der Waals surface area contributed by atoms with E-state index in [1.807, 2.05) is 31.7 Å². The van der Waals surface area contributed by atoms with Gasteiger partial charge in [0.1, 0.15) is 17.0 Å². The SMILES string of the molecule is Cc1nc2ccccc2n1[C@H]1C[C@H]2CC[C@@H](C1)N2CCC1(c2ccccc2)CN(C(=O)OC(C)(C)C)CCO1. The van der Waals surface area contributed by atoms with Gasteiger partial charge in [0.15, 0.2) is 0 Å². The Labute approximate surface area is 232 Å². The quantitative estimate of drug-likeness (QED) is 0.401. The first-order chi connectivity index (χ1) is 18.7. The molecular formula is C32H42N4O3. The number of benzene rings is 2. The molecule has 4 heterocycles. The number of hydrogen-bond donors (Lipinski definition) is 0. The molecule has 1 amide bonds. The summed E-state index contributed by atoms with van der Waals surface area (Å²) in [5, 5.41) is 0. The lowest BCUT2D eigenvalue weighted by molar-refractivity contribution is -0.123. The number of hydrogen-bond acceptors (Lipinski definition) is 5. The third-order valence-corrected chi connectivity index (χ3v) is 8.91. The lowest BCUT2D eigenvalue weighted by Crippen LogP contribution is -2.54. The predicted octanol–water partition coefficient (Wildman–Crippen LogP) is 6.07. The van der Waals surface area contributed by atoms with Gasteiger partial charge in [-0.1, -0.05) is 42.5 Å². The summed E-state index contributed by atoms with van der Waals surface area (Å²) >= 11 is 0. The maximum absolute atomic E-state index is 13.1. The van der Waals surface area contributed by atoms with Crippen molar-refractivity contribution in [1.29, 1.82) is 0 Å². The highest BCUT2D eigenvalue weighted by Gasteiger charge is 2.45. The molecule has 1 unspecified atom stereocenters. The molecule has 4 atom stereocenters. The highest BCUT2D eigenvalue weighted by atomic mass is 16.6. The van der Waals surface area contributed by atoms with Crippen molar-refractivity contribution < 1.29 is 14.3 Å². The van der Waals surface area contributed by atoms with Crippen LogP contribution in [0, 0.1) is 6.92 Å². The Morgan fingerprint density at radius 3 is 2.44 bits per heavy atom. The van der Waals surface area contributed by atoms with Gasteiger partial charge in [0.2, 0.25) is 0 Å². The fraction of sp³-hybridized carbons (Fsp3) is 0.562. The fourth-order valence-electron chi connectivity index (χ4n) is 7.24. The fourth-order valence-corrected chi connectivity index (χ4v) is 7.24. The summed E-state index contributed by atoms with van der Waals surface area (Å²) in [5.41, 5.74) is 2.44. The molecule has 208 valence electrons. The van der Waals surface area contributed by atoms with Crippen molar-refractivity contribution in [3.8, 4) is 0 Å². The number of nitrogens with zero attached hydrogens (tertiary/aromatic N) is 4. The number of imidazole rings is 1. The van der Waals surface area contributed by atoms with Crippen LogP contribution in [0.4, 0.5) is 4.79 Å². The number of amides is 1. The van der Waals surface area contributed by atoms with Crippen molar-refractivity contribution in [3.05, 3.63) is 66.0 Å². The number of morpholine rings is 1. The number of ether oxygens (including phenoxy) is 2. The molecule has 7 nitrogen and oxygen atoms in total. The van der Waals surface area contributed by atoms with Gasteiger partial charge in [-0.15, -0.1) is 0 Å². The molecule has 0 N–H and O–H groups in total. The Morgan fingerprint density at radius 1 is 1.03 bits per heavy atom. The second-order valence-electron chi connectivity index (χ2n) is 12.6. The van der Waals surface area contributed by atoms with E-state index >= 15 is 0 Å². The molecule has 2 aromatic carbocycles. The first kappa shape index (κ1) is 26.3. The van der Waals surface area contributed by atoms with Gasteiger partial charge in [-0.05, 0) is 77.5 Å². The number of aromatic nitrogens is 2. The summed E-state index contributed by atoms with van der Waals surface area (Å²) in [5.74, 6) is 1.12. The van der Waals surface area contributed by atoms with Crippen LogP contribution in [-0.2, 0) is 15.1 Å². The standard InChI is InChI=1S/C32H42N4O3/c1-23-33-28-12-8-9-13-29(28)36(23)27-20-25-14-15-26(21-27)35(25)17-16-32(24-10-6-5-7-11-24)22-34(18-19-38-32)30(37)39-31(2,3)4/h5-13,25-27H,14-22H2,1-4H3/t25-,26+,27+,32?. The minimum atomic E-state index is -0.538. The molecule has 39 heavy (non-hydrogen) atoms. The largest absolute Gasteiger partial charge is 0.444 e. The third kappa shape index (κ3) is 5.19. The van der Waals surface area contributed by atoms with Crippen molar-refractivity contribution in [2.45, 2.75) is 89.1 Å². The first-order valence-corrected chi connectivity index (χ1v) is 14.6. The molecule has 0 spiro atoms. The molecule has 2 bridgehead atoms. The number of carbonyl (C=O) groups excluding carboxylic acids is 1. The van der Waals surface area contributed by atoms with Crippen molar-refractivity contribution in [2.75, 3.05) is 26.2 Å². The van der Waals surface area contributed by atoms with Crippen LogP contribution in [-0.4, -0.2) is 69.4 Å². The van der Waals surface area contributed by atoms with E-state index in [1.165, 1.54) is 18.4 Å². The summed E-state index contributed by atoms with van der Waals surface area (Å²) in [6, 6.07) is 20.6. The Kier molecular flexibility index (Phi) is 6.92. The molecule has 1 aromatic heterocycles. The monoisotopic (exact) mass is 530 g/mol. The van der Waals surface area contributed by atoms with Gasteiger partial charge in [0, 0.05) is 31.2 Å². The topological polar surface area (TPSA) is 59.8 Å². The van der Waals surface area contributed by atoms with Crippen molar-refractivity contribution in [3.63, 3.8) is 0 Å². The number of fused-ring (bicyclic) bond motifs is 3. The van der Waals surface area contributed by atoms with E-state index in [4.69, 9.17) is 14.5 Å². The molecule has 3 aliphatic rings. The molecule has 7 heteroatoms. The number of aryl methyl sites for hydroxylation is 1. The normalized spacial score (nSPS) is 27.7. The number of para-hydroxylation sites is 2. The van der Waals surface area contributed by atoms with Gasteiger partial charge in [-0.25, -0.2) is 9.78 Å². The van der Waals surface area contributed by atoms with Gasteiger partial charge in [0.05, 0.1) is 24.2 Å². The summed E-state index contributed by atoms with van der Waals surface area (Å²) in [4.78, 5) is 22.5. The van der Waals surface area contributed by atoms with E-state index in [1.54, 1.807) is 0 Å². The van der Waals surface area contributed by atoms with Crippen LogP contribution in [0.5, 0.6) is 0 Å². The molecule has 3 aromatic rings. The van der Waals surface area contributed by atoms with Gasteiger partial charge >= 0.3 is 6.09 Å². The predicted molar refractivity (Wildman–Crippen MR) is 153 cm³/mol. The highest BCUT2D eigenvalue weighted by Crippen LogP contribution is 2.44. The van der Waals surface area contributed by atoms with Crippen molar-refractivity contribution in [1.82, 2.24) is 19.4 Å². The molecule has 0 radical (unpaired) electrons. The molecule has 6 rings (SSSR count). The number of carbonyl (C=O) groups is 1. The van der Waals surface area contributed by atoms with E-state index in [0.29, 0.717) is 37.8 Å². The average molecular weight is 531 g/mol. The van der Waals surface area contributed by atoms with E-state index in [-0.39, 0.29) is 6.09 Å².